The molecule has 2 aliphatic rings. The van der Waals surface area contributed by atoms with Gasteiger partial charge in [-0.3, -0.25) is 9.59 Å². The first-order valence-corrected chi connectivity index (χ1v) is 13.7. The number of benzene rings is 1. The summed E-state index contributed by atoms with van der Waals surface area (Å²) >= 11 is 3.20. The molecule has 2 aliphatic heterocycles. The fourth-order valence-electron chi connectivity index (χ4n) is 3.50. The molecule has 0 radical (unpaired) electrons. The van der Waals surface area contributed by atoms with Gasteiger partial charge >= 0.3 is 0 Å². The molecule has 172 valence electrons. The molecule has 12 heteroatoms. The zero-order valence-electron chi connectivity index (χ0n) is 17.4. The minimum atomic E-state index is -3.65. The Morgan fingerprint density at radius 2 is 1.88 bits per heavy atom. The van der Waals surface area contributed by atoms with Gasteiger partial charge in [0.05, 0.1) is 13.0 Å². The summed E-state index contributed by atoms with van der Waals surface area (Å²) in [5.74, 6) is 2.31. The van der Waals surface area contributed by atoms with E-state index >= 15 is 0 Å². The van der Waals surface area contributed by atoms with E-state index in [1.807, 2.05) is 0 Å². The first-order chi connectivity index (χ1) is 15.4. The SMILES string of the molecule is COc1ccc(NC(=O)C2CSCN2C(=O)c2cc(S(=O)(=O)N3CCSCC3)c[nH]2)cc1. The number of aromatic amines is 1. The van der Waals surface area contributed by atoms with Gasteiger partial charge in [0.15, 0.2) is 0 Å². The molecule has 2 N–H and O–H groups in total. The third-order valence-electron chi connectivity index (χ3n) is 5.30. The fraction of sp³-hybridized carbons (Fsp3) is 0.400. The Morgan fingerprint density at radius 1 is 1.16 bits per heavy atom. The zero-order valence-corrected chi connectivity index (χ0v) is 19.9. The molecule has 2 fully saturated rings. The summed E-state index contributed by atoms with van der Waals surface area (Å²) in [7, 11) is -2.09. The van der Waals surface area contributed by atoms with E-state index in [0.717, 1.165) is 11.5 Å². The third-order valence-corrected chi connectivity index (χ3v) is 9.13. The minimum absolute atomic E-state index is 0.0684. The predicted octanol–water partition coefficient (Wildman–Crippen LogP) is 1.91. The maximum Gasteiger partial charge on any atom is 0.271 e. The molecule has 2 aromatic rings. The van der Waals surface area contributed by atoms with Crippen LogP contribution in [0.3, 0.4) is 0 Å². The lowest BCUT2D eigenvalue weighted by atomic mass is 10.2. The summed E-state index contributed by atoms with van der Waals surface area (Å²) in [6.07, 6.45) is 1.35. The maximum absolute atomic E-state index is 13.1. The number of anilines is 1. The molecular formula is C20H24N4O5S3. The summed E-state index contributed by atoms with van der Waals surface area (Å²) in [4.78, 5) is 30.2. The molecule has 1 atom stereocenters. The summed E-state index contributed by atoms with van der Waals surface area (Å²) in [5.41, 5.74) is 0.757. The molecule has 9 nitrogen and oxygen atoms in total. The maximum atomic E-state index is 13.1. The van der Waals surface area contributed by atoms with Crippen molar-refractivity contribution in [2.45, 2.75) is 10.9 Å². The van der Waals surface area contributed by atoms with Gasteiger partial charge in [0.25, 0.3) is 5.91 Å². The summed E-state index contributed by atoms with van der Waals surface area (Å²) in [6.45, 7) is 0.912. The Balaban J connectivity index is 1.46. The standard InChI is InChI=1S/C20H24N4O5S3/c1-29-15-4-2-14(3-5-15)22-19(25)18-12-31-13-24(18)20(26)17-10-16(11-21-17)32(27,28)23-6-8-30-9-7-23/h2-5,10-11,18,21H,6-9,12-13H2,1H3,(H,22,25). The highest BCUT2D eigenvalue weighted by Gasteiger charge is 2.36. The number of amides is 2. The minimum Gasteiger partial charge on any atom is -0.497 e. The average Bonchev–Trinajstić information content (AvgIpc) is 3.50. The van der Waals surface area contributed by atoms with Crippen molar-refractivity contribution >= 4 is 51.0 Å². The number of aromatic nitrogens is 1. The van der Waals surface area contributed by atoms with Gasteiger partial charge in [0.1, 0.15) is 22.4 Å². The van der Waals surface area contributed by atoms with Crippen LogP contribution in [0.25, 0.3) is 0 Å². The van der Waals surface area contributed by atoms with Gasteiger partial charge in [0.2, 0.25) is 15.9 Å². The van der Waals surface area contributed by atoms with E-state index in [4.69, 9.17) is 4.74 Å². The normalized spacial score (nSPS) is 19.7. The highest BCUT2D eigenvalue weighted by molar-refractivity contribution is 7.99. The third kappa shape index (κ3) is 4.77. The Kier molecular flexibility index (Phi) is 7.03. The van der Waals surface area contributed by atoms with Crippen LogP contribution in [0.5, 0.6) is 5.75 Å². The molecule has 4 rings (SSSR count). The number of nitrogens with one attached hydrogen (secondary N) is 2. The van der Waals surface area contributed by atoms with Crippen LogP contribution in [-0.2, 0) is 14.8 Å². The van der Waals surface area contributed by atoms with E-state index in [0.29, 0.717) is 36.2 Å². The van der Waals surface area contributed by atoms with Crippen LogP contribution in [0.2, 0.25) is 0 Å². The quantitative estimate of drug-likeness (QED) is 0.628. The van der Waals surface area contributed by atoms with Crippen LogP contribution >= 0.6 is 23.5 Å². The van der Waals surface area contributed by atoms with E-state index in [1.54, 1.807) is 43.1 Å². The second kappa shape index (κ2) is 9.77. The van der Waals surface area contributed by atoms with Crippen molar-refractivity contribution in [3.63, 3.8) is 0 Å². The van der Waals surface area contributed by atoms with Crippen molar-refractivity contribution in [3.05, 3.63) is 42.2 Å². The van der Waals surface area contributed by atoms with Crippen molar-refractivity contribution in [2.24, 2.45) is 0 Å². The fourth-order valence-corrected chi connectivity index (χ4v) is 7.22. The number of methoxy groups -OCH3 is 1. The summed E-state index contributed by atoms with van der Waals surface area (Å²) < 4.78 is 32.3. The van der Waals surface area contributed by atoms with Gasteiger partial charge in [-0.05, 0) is 30.3 Å². The topological polar surface area (TPSA) is 112 Å². The number of ether oxygens (including phenoxy) is 1. The molecule has 0 spiro atoms. The number of carbonyl (C=O) groups excluding carboxylic acids is 2. The number of carbonyl (C=O) groups is 2. The Hall–Kier alpha value is -2.15. The first kappa shape index (κ1) is 23.0. The number of nitrogens with zero attached hydrogens (tertiary/aromatic N) is 2. The van der Waals surface area contributed by atoms with Crippen LogP contribution in [0.1, 0.15) is 10.5 Å². The lowest BCUT2D eigenvalue weighted by molar-refractivity contribution is -0.119. The lowest BCUT2D eigenvalue weighted by Crippen LogP contribution is -2.44. The largest absolute Gasteiger partial charge is 0.497 e. The Labute approximate surface area is 195 Å². The highest BCUT2D eigenvalue weighted by Crippen LogP contribution is 2.26. The van der Waals surface area contributed by atoms with Gasteiger partial charge in [-0.25, -0.2) is 8.42 Å². The van der Waals surface area contributed by atoms with Crippen molar-refractivity contribution in [3.8, 4) is 5.75 Å². The summed E-state index contributed by atoms with van der Waals surface area (Å²) in [5, 5.41) is 2.83. The molecule has 32 heavy (non-hydrogen) atoms. The van der Waals surface area contributed by atoms with Crippen LogP contribution in [-0.4, -0.2) is 83.8 Å². The zero-order chi connectivity index (χ0) is 22.7. The molecule has 1 aromatic heterocycles. The van der Waals surface area contributed by atoms with E-state index in [9.17, 15) is 18.0 Å². The number of thioether (sulfide) groups is 2. The van der Waals surface area contributed by atoms with Crippen LogP contribution in [0, 0.1) is 0 Å². The van der Waals surface area contributed by atoms with Gasteiger partial charge in [-0.15, -0.1) is 11.8 Å². The first-order valence-electron chi connectivity index (χ1n) is 10.00. The molecule has 2 amide bonds. The predicted molar refractivity (Wildman–Crippen MR) is 126 cm³/mol. The molecule has 0 saturated carbocycles. The van der Waals surface area contributed by atoms with Crippen molar-refractivity contribution in [1.29, 1.82) is 0 Å². The number of sulfonamides is 1. The Bertz CT molecular complexity index is 1080. The second-order valence-electron chi connectivity index (χ2n) is 7.27. The molecule has 3 heterocycles. The van der Waals surface area contributed by atoms with Crippen LogP contribution in [0.15, 0.2) is 41.4 Å². The molecule has 0 bridgehead atoms. The van der Waals surface area contributed by atoms with E-state index in [-0.39, 0.29) is 16.5 Å². The molecule has 1 aromatic carbocycles. The van der Waals surface area contributed by atoms with Gasteiger partial charge in [0, 0.05) is 42.2 Å². The smallest absolute Gasteiger partial charge is 0.271 e. The molecule has 0 aliphatic carbocycles. The van der Waals surface area contributed by atoms with Crippen LogP contribution < -0.4 is 10.1 Å². The number of H-pyrrole nitrogens is 1. The lowest BCUT2D eigenvalue weighted by Gasteiger charge is -2.25. The Morgan fingerprint density at radius 3 is 2.56 bits per heavy atom. The van der Waals surface area contributed by atoms with Crippen LogP contribution in [0.4, 0.5) is 5.69 Å². The van der Waals surface area contributed by atoms with Gasteiger partial charge in [-0.2, -0.15) is 16.1 Å². The van der Waals surface area contributed by atoms with Crippen molar-refractivity contribution in [2.75, 3.05) is 48.7 Å². The highest BCUT2D eigenvalue weighted by atomic mass is 32.2. The monoisotopic (exact) mass is 496 g/mol. The molecule has 2 saturated heterocycles. The number of hydrogen-bond acceptors (Lipinski definition) is 7. The average molecular weight is 497 g/mol. The van der Waals surface area contributed by atoms with E-state index < -0.39 is 22.0 Å². The summed E-state index contributed by atoms with van der Waals surface area (Å²) in [6, 6.07) is 7.64. The van der Waals surface area contributed by atoms with Crippen molar-refractivity contribution in [1.82, 2.24) is 14.2 Å². The second-order valence-corrected chi connectivity index (χ2v) is 11.4. The number of rotatable bonds is 6. The van der Waals surface area contributed by atoms with Gasteiger partial charge in [-0.1, -0.05) is 0 Å². The van der Waals surface area contributed by atoms with Gasteiger partial charge < -0.3 is 19.9 Å². The van der Waals surface area contributed by atoms with E-state index in [2.05, 4.69) is 10.3 Å². The van der Waals surface area contributed by atoms with Crippen molar-refractivity contribution < 1.29 is 22.7 Å². The van der Waals surface area contributed by atoms with E-state index in [1.165, 1.54) is 33.2 Å². The molecular weight excluding hydrogens is 472 g/mol. The number of hydrogen-bond donors (Lipinski definition) is 2. The molecule has 1 unspecified atom stereocenters.